The van der Waals surface area contributed by atoms with Crippen molar-refractivity contribution in [2.45, 2.75) is 58.0 Å². The summed E-state index contributed by atoms with van der Waals surface area (Å²) in [7, 11) is 0. The zero-order valence-corrected chi connectivity index (χ0v) is 11.7. The molecule has 2 atom stereocenters. The first kappa shape index (κ1) is 12.7. The molecule has 0 aromatic carbocycles. The van der Waals surface area contributed by atoms with E-state index in [1.807, 2.05) is 12.5 Å². The second-order valence-electron chi connectivity index (χ2n) is 5.86. The predicted octanol–water partition coefficient (Wildman–Crippen LogP) is 2.24. The molecule has 3 rings (SSSR count). The van der Waals surface area contributed by atoms with Crippen LogP contribution in [0.2, 0.25) is 0 Å². The number of nitrogens with zero attached hydrogens (tertiary/aromatic N) is 3. The average molecular weight is 261 g/mol. The largest absolute Gasteiger partial charge is 0.339 e. The van der Waals surface area contributed by atoms with E-state index in [-0.39, 0.29) is 5.92 Å². The summed E-state index contributed by atoms with van der Waals surface area (Å²) in [6, 6.07) is 0.480. The fourth-order valence-electron chi connectivity index (χ4n) is 3.53. The number of fused-ring (bicyclic) bond motifs is 1. The molecule has 1 fully saturated rings. The highest BCUT2D eigenvalue weighted by atomic mass is 16.2. The van der Waals surface area contributed by atoms with Crippen LogP contribution in [0.4, 0.5) is 0 Å². The fraction of sp³-hybridized carbons (Fsp3) is 0.733. The van der Waals surface area contributed by atoms with Gasteiger partial charge in [0.1, 0.15) is 0 Å². The monoisotopic (exact) mass is 261 g/mol. The van der Waals surface area contributed by atoms with Gasteiger partial charge in [0.05, 0.1) is 6.33 Å². The fourth-order valence-corrected chi connectivity index (χ4v) is 3.53. The topological polar surface area (TPSA) is 38.1 Å². The zero-order chi connectivity index (χ0) is 13.2. The van der Waals surface area contributed by atoms with Gasteiger partial charge in [0, 0.05) is 43.4 Å². The van der Waals surface area contributed by atoms with Crippen molar-refractivity contribution in [1.29, 1.82) is 0 Å². The van der Waals surface area contributed by atoms with Crippen molar-refractivity contribution >= 4 is 5.91 Å². The van der Waals surface area contributed by atoms with Crippen LogP contribution < -0.4 is 0 Å². The molecule has 0 N–H and O–H groups in total. The standard InChI is InChI=1S/C15H23N3O/c1-2-13-5-3-4-7-18(13)15(19)12-6-8-17-11-16-10-14(17)9-12/h10-13H,2-9H2,1H3. The van der Waals surface area contributed by atoms with E-state index in [1.165, 1.54) is 25.0 Å². The Labute approximate surface area is 114 Å². The first-order valence-electron chi connectivity index (χ1n) is 7.59. The third-order valence-electron chi connectivity index (χ3n) is 4.70. The van der Waals surface area contributed by atoms with Crippen LogP contribution in [-0.2, 0) is 17.8 Å². The van der Waals surface area contributed by atoms with Gasteiger partial charge in [-0.1, -0.05) is 6.92 Å². The average Bonchev–Trinajstić information content (AvgIpc) is 2.93. The number of hydrogen-bond donors (Lipinski definition) is 0. The van der Waals surface area contributed by atoms with Gasteiger partial charge in [-0.05, 0) is 32.1 Å². The molecule has 2 aliphatic rings. The number of likely N-dealkylation sites (tertiary alicyclic amines) is 1. The van der Waals surface area contributed by atoms with Crippen LogP contribution in [0.3, 0.4) is 0 Å². The van der Waals surface area contributed by atoms with Gasteiger partial charge in [-0.2, -0.15) is 0 Å². The Bertz CT molecular complexity index is 454. The summed E-state index contributed by atoms with van der Waals surface area (Å²) < 4.78 is 2.18. The number of aryl methyl sites for hydroxylation is 1. The minimum Gasteiger partial charge on any atom is -0.339 e. The van der Waals surface area contributed by atoms with Crippen LogP contribution in [0, 0.1) is 5.92 Å². The lowest BCUT2D eigenvalue weighted by Gasteiger charge is -2.38. The van der Waals surface area contributed by atoms with Gasteiger partial charge in [0.25, 0.3) is 0 Å². The van der Waals surface area contributed by atoms with Crippen molar-refractivity contribution < 1.29 is 4.79 Å². The molecule has 0 radical (unpaired) electrons. The van der Waals surface area contributed by atoms with Gasteiger partial charge in [-0.25, -0.2) is 4.98 Å². The van der Waals surface area contributed by atoms with Crippen molar-refractivity contribution in [3.63, 3.8) is 0 Å². The van der Waals surface area contributed by atoms with E-state index in [2.05, 4.69) is 21.4 Å². The molecule has 0 bridgehead atoms. The van der Waals surface area contributed by atoms with Crippen LogP contribution in [0.25, 0.3) is 0 Å². The maximum absolute atomic E-state index is 12.8. The van der Waals surface area contributed by atoms with Crippen molar-refractivity contribution in [2.24, 2.45) is 5.92 Å². The summed E-state index contributed by atoms with van der Waals surface area (Å²) in [5.41, 5.74) is 1.22. The first-order chi connectivity index (χ1) is 9.29. The van der Waals surface area contributed by atoms with Crippen molar-refractivity contribution in [3.8, 4) is 0 Å². The molecule has 4 nitrogen and oxygen atoms in total. The molecule has 0 spiro atoms. The van der Waals surface area contributed by atoms with Gasteiger partial charge in [0.15, 0.2) is 0 Å². The second-order valence-corrected chi connectivity index (χ2v) is 5.86. The van der Waals surface area contributed by atoms with Crippen molar-refractivity contribution in [1.82, 2.24) is 14.5 Å². The number of rotatable bonds is 2. The number of carbonyl (C=O) groups excluding carboxylic acids is 1. The highest BCUT2D eigenvalue weighted by molar-refractivity contribution is 5.79. The molecule has 1 aromatic rings. The van der Waals surface area contributed by atoms with Crippen molar-refractivity contribution in [3.05, 3.63) is 18.2 Å². The molecular formula is C15H23N3O. The van der Waals surface area contributed by atoms with Gasteiger partial charge in [0.2, 0.25) is 5.91 Å². The summed E-state index contributed by atoms with van der Waals surface area (Å²) in [5.74, 6) is 0.565. The summed E-state index contributed by atoms with van der Waals surface area (Å²) >= 11 is 0. The molecule has 19 heavy (non-hydrogen) atoms. The molecule has 1 amide bonds. The highest BCUT2D eigenvalue weighted by Gasteiger charge is 2.32. The molecule has 1 aromatic heterocycles. The minimum atomic E-state index is 0.177. The maximum Gasteiger partial charge on any atom is 0.226 e. The second kappa shape index (κ2) is 5.35. The summed E-state index contributed by atoms with van der Waals surface area (Å²) in [5, 5.41) is 0. The third-order valence-corrected chi connectivity index (χ3v) is 4.70. The van der Waals surface area contributed by atoms with Gasteiger partial charge in [-0.15, -0.1) is 0 Å². The molecule has 104 valence electrons. The van der Waals surface area contributed by atoms with Crippen LogP contribution in [0.5, 0.6) is 0 Å². The van der Waals surface area contributed by atoms with E-state index in [0.717, 1.165) is 32.4 Å². The number of hydrogen-bond acceptors (Lipinski definition) is 2. The Kier molecular flexibility index (Phi) is 3.58. The van der Waals surface area contributed by atoms with Gasteiger partial charge >= 0.3 is 0 Å². The zero-order valence-electron chi connectivity index (χ0n) is 11.7. The first-order valence-corrected chi connectivity index (χ1v) is 7.59. The molecule has 4 heteroatoms. The van der Waals surface area contributed by atoms with Crippen LogP contribution in [0.1, 0.15) is 44.7 Å². The Balaban J connectivity index is 1.70. The van der Waals surface area contributed by atoms with Crippen LogP contribution in [0.15, 0.2) is 12.5 Å². The SMILES string of the molecule is CCC1CCCCN1C(=O)C1CCn2cncc2C1. The van der Waals surface area contributed by atoms with Crippen LogP contribution in [-0.4, -0.2) is 32.9 Å². The predicted molar refractivity (Wildman–Crippen MR) is 73.7 cm³/mol. The third kappa shape index (κ3) is 2.40. The van der Waals surface area contributed by atoms with E-state index < -0.39 is 0 Å². The smallest absolute Gasteiger partial charge is 0.226 e. The van der Waals surface area contributed by atoms with Crippen molar-refractivity contribution in [2.75, 3.05) is 6.54 Å². The molecule has 3 heterocycles. The number of amides is 1. The summed E-state index contributed by atoms with van der Waals surface area (Å²) in [6.45, 7) is 4.11. The quantitative estimate of drug-likeness (QED) is 0.819. The lowest BCUT2D eigenvalue weighted by atomic mass is 9.91. The van der Waals surface area contributed by atoms with Gasteiger partial charge in [-0.3, -0.25) is 4.79 Å². The number of carbonyl (C=O) groups is 1. The van der Waals surface area contributed by atoms with E-state index >= 15 is 0 Å². The minimum absolute atomic E-state index is 0.177. The van der Waals surface area contributed by atoms with E-state index in [4.69, 9.17) is 0 Å². The molecule has 1 saturated heterocycles. The van der Waals surface area contributed by atoms with E-state index in [0.29, 0.717) is 11.9 Å². The Morgan fingerprint density at radius 3 is 3.11 bits per heavy atom. The van der Waals surface area contributed by atoms with Crippen LogP contribution >= 0.6 is 0 Å². The summed E-state index contributed by atoms with van der Waals surface area (Å²) in [4.78, 5) is 19.1. The molecule has 2 unspecified atom stereocenters. The van der Waals surface area contributed by atoms with Gasteiger partial charge < -0.3 is 9.47 Å². The lowest BCUT2D eigenvalue weighted by molar-refractivity contribution is -0.140. The number of aromatic nitrogens is 2. The highest BCUT2D eigenvalue weighted by Crippen LogP contribution is 2.26. The summed E-state index contributed by atoms with van der Waals surface area (Å²) in [6.07, 6.45) is 10.4. The Hall–Kier alpha value is -1.32. The molecular weight excluding hydrogens is 238 g/mol. The Morgan fingerprint density at radius 1 is 1.37 bits per heavy atom. The number of piperidine rings is 1. The maximum atomic E-state index is 12.8. The number of imidazole rings is 1. The van der Waals surface area contributed by atoms with E-state index in [9.17, 15) is 4.79 Å². The molecule has 2 aliphatic heterocycles. The lowest BCUT2D eigenvalue weighted by Crippen LogP contribution is -2.47. The normalized spacial score (nSPS) is 27.1. The Morgan fingerprint density at radius 2 is 2.26 bits per heavy atom. The van der Waals surface area contributed by atoms with E-state index in [1.54, 1.807) is 0 Å². The molecule has 0 saturated carbocycles. The molecule has 0 aliphatic carbocycles.